The Labute approximate surface area is 181 Å². The topological polar surface area (TPSA) is 76.3 Å². The van der Waals surface area contributed by atoms with Gasteiger partial charge in [-0.15, -0.1) is 5.10 Å². The fraction of sp³-hybridized carbons (Fsp3) is 0.391. The monoisotopic (exact) mass is 420 g/mol. The van der Waals surface area contributed by atoms with Gasteiger partial charge in [0.2, 0.25) is 5.91 Å². The van der Waals surface area contributed by atoms with Gasteiger partial charge in [0.1, 0.15) is 6.54 Å². The third kappa shape index (κ3) is 5.08. The van der Waals surface area contributed by atoms with Crippen molar-refractivity contribution in [3.05, 3.63) is 75.8 Å². The first-order valence-electron chi connectivity index (χ1n) is 10.7. The van der Waals surface area contributed by atoms with Crippen molar-refractivity contribution in [2.24, 2.45) is 0 Å². The Bertz CT molecular complexity index is 1100. The lowest BCUT2D eigenvalue weighted by Gasteiger charge is -2.34. The van der Waals surface area contributed by atoms with E-state index in [0.717, 1.165) is 37.4 Å². The van der Waals surface area contributed by atoms with Crippen LogP contribution in [0.4, 0.5) is 0 Å². The van der Waals surface area contributed by atoms with Crippen molar-refractivity contribution in [2.45, 2.75) is 26.8 Å². The zero-order valence-electron chi connectivity index (χ0n) is 18.1. The van der Waals surface area contributed by atoms with Crippen LogP contribution in [0.2, 0.25) is 0 Å². The van der Waals surface area contributed by atoms with Gasteiger partial charge in [-0.3, -0.25) is 14.5 Å². The maximum Gasteiger partial charge on any atom is 0.267 e. The normalized spacial score (nSPS) is 14.7. The zero-order chi connectivity index (χ0) is 21.8. The third-order valence-electron chi connectivity index (χ3n) is 5.65. The van der Waals surface area contributed by atoms with Crippen molar-refractivity contribution in [3.8, 4) is 5.82 Å². The van der Waals surface area contributed by atoms with Gasteiger partial charge < -0.3 is 4.90 Å². The summed E-state index contributed by atoms with van der Waals surface area (Å²) in [6.07, 6.45) is 1.01. The Morgan fingerprint density at radius 1 is 0.968 bits per heavy atom. The molecule has 0 atom stereocenters. The average Bonchev–Trinajstić information content (AvgIpc) is 3.12. The molecule has 0 spiro atoms. The van der Waals surface area contributed by atoms with Crippen LogP contribution in [0.5, 0.6) is 0 Å². The van der Waals surface area contributed by atoms with Crippen LogP contribution in [0.25, 0.3) is 5.82 Å². The summed E-state index contributed by atoms with van der Waals surface area (Å²) in [6.45, 7) is 7.77. The SMILES string of the molecule is Cc1cc(C)n(-c2ccc(=O)n(CC(=O)N3CCN(CCc4ccccc4)CC3)n2)n1. The quantitative estimate of drug-likeness (QED) is 0.603. The van der Waals surface area contributed by atoms with Crippen molar-refractivity contribution in [1.82, 2.24) is 29.4 Å². The van der Waals surface area contributed by atoms with Crippen molar-refractivity contribution in [3.63, 3.8) is 0 Å². The number of piperazine rings is 1. The minimum absolute atomic E-state index is 0.0595. The number of aromatic nitrogens is 4. The Morgan fingerprint density at radius 3 is 2.39 bits per heavy atom. The molecule has 3 aromatic rings. The molecule has 1 aromatic carbocycles. The molecule has 0 aliphatic carbocycles. The number of hydrogen-bond donors (Lipinski definition) is 0. The van der Waals surface area contributed by atoms with Crippen LogP contribution in [0.15, 0.2) is 53.3 Å². The number of hydrogen-bond acceptors (Lipinski definition) is 5. The third-order valence-corrected chi connectivity index (χ3v) is 5.65. The molecule has 1 aliphatic rings. The number of carbonyl (C=O) groups excluding carboxylic acids is 1. The molecule has 0 saturated carbocycles. The minimum Gasteiger partial charge on any atom is -0.339 e. The molecule has 8 heteroatoms. The fourth-order valence-electron chi connectivity index (χ4n) is 3.91. The summed E-state index contributed by atoms with van der Waals surface area (Å²) in [5.74, 6) is 0.451. The van der Waals surface area contributed by atoms with E-state index in [1.807, 2.05) is 30.9 Å². The molecule has 4 rings (SSSR count). The highest BCUT2D eigenvalue weighted by Gasteiger charge is 2.22. The summed E-state index contributed by atoms with van der Waals surface area (Å²) >= 11 is 0. The first kappa shape index (κ1) is 21.0. The molecule has 1 fully saturated rings. The second-order valence-electron chi connectivity index (χ2n) is 7.98. The number of aryl methyl sites for hydroxylation is 2. The van der Waals surface area contributed by atoms with E-state index in [9.17, 15) is 9.59 Å². The van der Waals surface area contributed by atoms with E-state index in [-0.39, 0.29) is 18.0 Å². The van der Waals surface area contributed by atoms with E-state index in [0.29, 0.717) is 18.9 Å². The van der Waals surface area contributed by atoms with Gasteiger partial charge in [0.05, 0.1) is 5.69 Å². The lowest BCUT2D eigenvalue weighted by atomic mass is 10.1. The van der Waals surface area contributed by atoms with Crippen molar-refractivity contribution < 1.29 is 4.79 Å². The molecule has 0 unspecified atom stereocenters. The van der Waals surface area contributed by atoms with E-state index in [1.165, 1.54) is 16.3 Å². The maximum atomic E-state index is 12.8. The molecule has 1 saturated heterocycles. The lowest BCUT2D eigenvalue weighted by molar-refractivity contribution is -0.133. The summed E-state index contributed by atoms with van der Waals surface area (Å²) in [4.78, 5) is 29.3. The molecule has 31 heavy (non-hydrogen) atoms. The molecule has 1 aliphatic heterocycles. The Hall–Kier alpha value is -3.26. The second-order valence-corrected chi connectivity index (χ2v) is 7.98. The fourth-order valence-corrected chi connectivity index (χ4v) is 3.91. The molecule has 162 valence electrons. The van der Waals surface area contributed by atoms with Crippen LogP contribution in [0.1, 0.15) is 17.0 Å². The van der Waals surface area contributed by atoms with Crippen LogP contribution in [0.3, 0.4) is 0 Å². The number of nitrogens with zero attached hydrogens (tertiary/aromatic N) is 6. The first-order chi connectivity index (χ1) is 15.0. The van der Waals surface area contributed by atoms with Gasteiger partial charge in [-0.25, -0.2) is 9.36 Å². The van der Waals surface area contributed by atoms with E-state index in [4.69, 9.17) is 0 Å². The zero-order valence-corrected chi connectivity index (χ0v) is 18.1. The lowest BCUT2D eigenvalue weighted by Crippen LogP contribution is -2.50. The molecule has 0 N–H and O–H groups in total. The van der Waals surface area contributed by atoms with E-state index in [1.54, 1.807) is 10.7 Å². The van der Waals surface area contributed by atoms with E-state index < -0.39 is 0 Å². The highest BCUT2D eigenvalue weighted by atomic mass is 16.2. The molecular weight excluding hydrogens is 392 g/mol. The van der Waals surface area contributed by atoms with Crippen molar-refractivity contribution in [1.29, 1.82) is 0 Å². The molecular formula is C23H28N6O2. The maximum absolute atomic E-state index is 12.8. The van der Waals surface area contributed by atoms with Crippen molar-refractivity contribution in [2.75, 3.05) is 32.7 Å². The van der Waals surface area contributed by atoms with Gasteiger partial charge >= 0.3 is 0 Å². The highest BCUT2D eigenvalue weighted by molar-refractivity contribution is 5.76. The predicted molar refractivity (Wildman–Crippen MR) is 118 cm³/mol. The van der Waals surface area contributed by atoms with Gasteiger partial charge in [-0.05, 0) is 38.0 Å². The average molecular weight is 421 g/mol. The molecule has 0 radical (unpaired) electrons. The molecule has 0 bridgehead atoms. The van der Waals surface area contributed by atoms with Crippen LogP contribution in [-0.2, 0) is 17.8 Å². The smallest absolute Gasteiger partial charge is 0.267 e. The number of carbonyl (C=O) groups is 1. The summed E-state index contributed by atoms with van der Waals surface area (Å²) in [5, 5.41) is 8.78. The van der Waals surface area contributed by atoms with Gasteiger partial charge in [0, 0.05) is 44.5 Å². The first-order valence-corrected chi connectivity index (χ1v) is 10.7. The van der Waals surface area contributed by atoms with Crippen LogP contribution in [0, 0.1) is 13.8 Å². The minimum atomic E-state index is -0.292. The highest BCUT2D eigenvalue weighted by Crippen LogP contribution is 2.09. The Kier molecular flexibility index (Phi) is 6.27. The summed E-state index contributed by atoms with van der Waals surface area (Å²) < 4.78 is 2.91. The molecule has 1 amide bonds. The predicted octanol–water partition coefficient (Wildman–Crippen LogP) is 1.43. The summed E-state index contributed by atoms with van der Waals surface area (Å²) in [5.41, 5.74) is 2.83. The summed E-state index contributed by atoms with van der Waals surface area (Å²) in [6, 6.07) is 15.5. The second kappa shape index (κ2) is 9.26. The van der Waals surface area contributed by atoms with Crippen LogP contribution in [-0.4, -0.2) is 68.0 Å². The van der Waals surface area contributed by atoms with Crippen LogP contribution >= 0.6 is 0 Å². The Balaban J connectivity index is 1.34. The van der Waals surface area contributed by atoms with Gasteiger partial charge in [-0.2, -0.15) is 5.10 Å². The van der Waals surface area contributed by atoms with E-state index in [2.05, 4.69) is 39.4 Å². The van der Waals surface area contributed by atoms with E-state index >= 15 is 0 Å². The number of rotatable bonds is 6. The van der Waals surface area contributed by atoms with Gasteiger partial charge in [0.25, 0.3) is 5.56 Å². The van der Waals surface area contributed by atoms with Gasteiger partial charge in [-0.1, -0.05) is 30.3 Å². The molecule has 8 nitrogen and oxygen atoms in total. The number of amides is 1. The standard InChI is InChI=1S/C23H28N6O2/c1-18-16-19(2)29(24-18)21-8-9-22(30)28(25-21)17-23(31)27-14-12-26(13-15-27)11-10-20-6-4-3-5-7-20/h3-9,16H,10-15,17H2,1-2H3. The number of benzene rings is 1. The largest absolute Gasteiger partial charge is 0.339 e. The van der Waals surface area contributed by atoms with Crippen LogP contribution < -0.4 is 5.56 Å². The van der Waals surface area contributed by atoms with Crippen molar-refractivity contribution >= 4 is 5.91 Å². The molecule has 2 aromatic heterocycles. The van der Waals surface area contributed by atoms with Gasteiger partial charge in [0.15, 0.2) is 5.82 Å². The Morgan fingerprint density at radius 2 is 1.71 bits per heavy atom. The summed E-state index contributed by atoms with van der Waals surface area (Å²) in [7, 11) is 0. The molecule has 3 heterocycles.